The number of anilines is 2. The van der Waals surface area contributed by atoms with Crippen molar-refractivity contribution in [3.05, 3.63) is 54.2 Å². The smallest absolute Gasteiger partial charge is 0.254 e. The molecule has 2 aromatic rings. The molecule has 1 aromatic carbocycles. The van der Waals surface area contributed by atoms with Crippen LogP contribution >= 0.6 is 0 Å². The van der Waals surface area contributed by atoms with E-state index in [1.807, 2.05) is 30.5 Å². The third-order valence-corrected chi connectivity index (χ3v) is 6.27. The largest absolute Gasteiger partial charge is 0.378 e. The van der Waals surface area contributed by atoms with Gasteiger partial charge in [0, 0.05) is 56.1 Å². The average molecular weight is 378 g/mol. The van der Waals surface area contributed by atoms with Crippen LogP contribution in [0.5, 0.6) is 0 Å². The lowest BCUT2D eigenvalue weighted by molar-refractivity contribution is 0.0738. The molecule has 0 bridgehead atoms. The van der Waals surface area contributed by atoms with Crippen molar-refractivity contribution >= 4 is 17.4 Å². The van der Waals surface area contributed by atoms with Crippen LogP contribution < -0.4 is 9.80 Å². The van der Waals surface area contributed by atoms with Crippen LogP contribution in [0, 0.1) is 5.92 Å². The number of nitrogens with zero attached hydrogens (tertiary/aromatic N) is 4. The summed E-state index contributed by atoms with van der Waals surface area (Å²) in [5.74, 6) is 1.71. The van der Waals surface area contributed by atoms with Gasteiger partial charge >= 0.3 is 0 Å². The summed E-state index contributed by atoms with van der Waals surface area (Å²) >= 11 is 0. The fraction of sp³-hybridized carbons (Fsp3) is 0.455. The number of pyridine rings is 1. The van der Waals surface area contributed by atoms with E-state index in [0.29, 0.717) is 5.92 Å². The topological polar surface area (TPSA) is 48.9 Å². The average Bonchev–Trinajstić information content (AvgIpc) is 3.36. The van der Waals surface area contributed by atoms with Crippen LogP contribution in [-0.2, 0) is 4.74 Å². The number of hydrogen-bond donors (Lipinski definition) is 0. The number of ether oxygens (including phenoxy) is 1. The van der Waals surface area contributed by atoms with Crippen LogP contribution in [-0.4, -0.2) is 67.8 Å². The van der Waals surface area contributed by atoms with Crippen LogP contribution in [0.15, 0.2) is 48.7 Å². The second-order valence-electron chi connectivity index (χ2n) is 7.85. The third kappa shape index (κ3) is 3.22. The predicted molar refractivity (Wildman–Crippen MR) is 109 cm³/mol. The SMILES string of the molecule is O=C(c1ccc(N2CCOCC2)cc1)N1CCC2CN(c3ccccn3)CC21. The van der Waals surface area contributed by atoms with Crippen molar-refractivity contribution in [2.24, 2.45) is 5.92 Å². The molecule has 2 unspecified atom stereocenters. The summed E-state index contributed by atoms with van der Waals surface area (Å²) < 4.78 is 5.42. The molecule has 28 heavy (non-hydrogen) atoms. The molecule has 3 fully saturated rings. The Balaban J connectivity index is 1.28. The zero-order valence-electron chi connectivity index (χ0n) is 16.0. The van der Waals surface area contributed by atoms with Gasteiger partial charge in [-0.15, -0.1) is 0 Å². The molecule has 0 saturated carbocycles. The fourth-order valence-electron chi connectivity index (χ4n) is 4.74. The van der Waals surface area contributed by atoms with E-state index in [1.165, 1.54) is 5.69 Å². The number of fused-ring (bicyclic) bond motifs is 1. The van der Waals surface area contributed by atoms with E-state index in [-0.39, 0.29) is 11.9 Å². The zero-order chi connectivity index (χ0) is 18.9. The van der Waals surface area contributed by atoms with Gasteiger partial charge in [-0.05, 0) is 42.8 Å². The molecule has 146 valence electrons. The molecule has 0 radical (unpaired) electrons. The van der Waals surface area contributed by atoms with E-state index in [2.05, 4.69) is 37.9 Å². The zero-order valence-corrected chi connectivity index (χ0v) is 16.0. The Bertz CT molecular complexity index is 820. The fourth-order valence-corrected chi connectivity index (χ4v) is 4.74. The van der Waals surface area contributed by atoms with E-state index in [0.717, 1.165) is 63.7 Å². The molecule has 3 saturated heterocycles. The monoisotopic (exact) mass is 378 g/mol. The Hall–Kier alpha value is -2.60. The minimum Gasteiger partial charge on any atom is -0.378 e. The number of likely N-dealkylation sites (tertiary alicyclic amines) is 1. The summed E-state index contributed by atoms with van der Waals surface area (Å²) in [6.45, 7) is 6.07. The number of aromatic nitrogens is 1. The van der Waals surface area contributed by atoms with Crippen molar-refractivity contribution in [2.75, 3.05) is 55.7 Å². The molecular formula is C22H26N4O2. The number of carbonyl (C=O) groups is 1. The highest BCUT2D eigenvalue weighted by Crippen LogP contribution is 2.34. The van der Waals surface area contributed by atoms with Gasteiger partial charge in [-0.1, -0.05) is 6.07 Å². The highest BCUT2D eigenvalue weighted by Gasteiger charge is 2.43. The standard InChI is InChI=1S/C22H26N4O2/c27-22(17-4-6-19(7-5-17)24-11-13-28-14-12-24)26-10-8-18-15-25(16-20(18)26)21-3-1-2-9-23-21/h1-7,9,18,20H,8,10-16H2. The van der Waals surface area contributed by atoms with Gasteiger partial charge in [0.1, 0.15) is 5.82 Å². The van der Waals surface area contributed by atoms with Crippen LogP contribution in [0.2, 0.25) is 0 Å². The van der Waals surface area contributed by atoms with E-state index >= 15 is 0 Å². The second kappa shape index (κ2) is 7.43. The molecule has 4 heterocycles. The molecule has 0 spiro atoms. The van der Waals surface area contributed by atoms with Crippen LogP contribution in [0.25, 0.3) is 0 Å². The van der Waals surface area contributed by atoms with Crippen molar-refractivity contribution in [1.29, 1.82) is 0 Å². The first-order chi connectivity index (χ1) is 13.8. The highest BCUT2D eigenvalue weighted by atomic mass is 16.5. The molecule has 1 aromatic heterocycles. The Kier molecular flexibility index (Phi) is 4.64. The summed E-state index contributed by atoms with van der Waals surface area (Å²) in [5, 5.41) is 0. The maximum absolute atomic E-state index is 13.2. The first-order valence-corrected chi connectivity index (χ1v) is 10.2. The molecule has 5 rings (SSSR count). The van der Waals surface area contributed by atoms with E-state index in [4.69, 9.17) is 4.74 Å². The summed E-state index contributed by atoms with van der Waals surface area (Å²) in [6, 6.07) is 14.4. The summed E-state index contributed by atoms with van der Waals surface area (Å²) in [5.41, 5.74) is 1.95. The maximum Gasteiger partial charge on any atom is 0.254 e. The molecular weight excluding hydrogens is 352 g/mol. The lowest BCUT2D eigenvalue weighted by Crippen LogP contribution is -2.40. The summed E-state index contributed by atoms with van der Waals surface area (Å²) in [4.78, 5) is 24.4. The van der Waals surface area contributed by atoms with Gasteiger partial charge in [0.15, 0.2) is 0 Å². The minimum atomic E-state index is 0.156. The molecule has 6 heteroatoms. The Morgan fingerprint density at radius 2 is 1.79 bits per heavy atom. The van der Waals surface area contributed by atoms with Crippen molar-refractivity contribution < 1.29 is 9.53 Å². The quantitative estimate of drug-likeness (QED) is 0.820. The summed E-state index contributed by atoms with van der Waals surface area (Å²) in [7, 11) is 0. The first-order valence-electron chi connectivity index (χ1n) is 10.2. The Morgan fingerprint density at radius 1 is 0.964 bits per heavy atom. The van der Waals surface area contributed by atoms with Crippen LogP contribution in [0.4, 0.5) is 11.5 Å². The number of carbonyl (C=O) groups excluding carboxylic acids is 1. The van der Waals surface area contributed by atoms with Gasteiger partial charge in [0.05, 0.1) is 19.3 Å². The number of rotatable bonds is 3. The normalized spacial score (nSPS) is 24.5. The van der Waals surface area contributed by atoms with Crippen molar-refractivity contribution in [1.82, 2.24) is 9.88 Å². The number of hydrogen-bond acceptors (Lipinski definition) is 5. The van der Waals surface area contributed by atoms with Gasteiger partial charge in [-0.3, -0.25) is 4.79 Å². The Morgan fingerprint density at radius 3 is 2.54 bits per heavy atom. The van der Waals surface area contributed by atoms with E-state index < -0.39 is 0 Å². The third-order valence-electron chi connectivity index (χ3n) is 6.27. The highest BCUT2D eigenvalue weighted by molar-refractivity contribution is 5.95. The number of benzene rings is 1. The molecule has 0 aliphatic carbocycles. The minimum absolute atomic E-state index is 0.156. The summed E-state index contributed by atoms with van der Waals surface area (Å²) in [6.07, 6.45) is 2.91. The molecule has 0 N–H and O–H groups in total. The van der Waals surface area contributed by atoms with Crippen molar-refractivity contribution in [3.8, 4) is 0 Å². The van der Waals surface area contributed by atoms with Crippen LogP contribution in [0.1, 0.15) is 16.8 Å². The number of amides is 1. The molecule has 2 atom stereocenters. The Labute approximate surface area is 165 Å². The second-order valence-corrected chi connectivity index (χ2v) is 7.85. The lowest BCUT2D eigenvalue weighted by atomic mass is 10.0. The van der Waals surface area contributed by atoms with E-state index in [1.54, 1.807) is 0 Å². The van der Waals surface area contributed by atoms with Gasteiger partial charge in [-0.2, -0.15) is 0 Å². The van der Waals surface area contributed by atoms with Crippen LogP contribution in [0.3, 0.4) is 0 Å². The van der Waals surface area contributed by atoms with Crippen molar-refractivity contribution in [2.45, 2.75) is 12.5 Å². The number of morpholine rings is 1. The predicted octanol–water partition coefficient (Wildman–Crippen LogP) is 2.27. The molecule has 3 aliphatic heterocycles. The van der Waals surface area contributed by atoms with Gasteiger partial charge in [0.25, 0.3) is 5.91 Å². The maximum atomic E-state index is 13.2. The van der Waals surface area contributed by atoms with Crippen molar-refractivity contribution in [3.63, 3.8) is 0 Å². The lowest BCUT2D eigenvalue weighted by Gasteiger charge is -2.29. The molecule has 6 nitrogen and oxygen atoms in total. The molecule has 1 amide bonds. The van der Waals surface area contributed by atoms with Gasteiger partial charge < -0.3 is 19.4 Å². The molecule has 3 aliphatic rings. The van der Waals surface area contributed by atoms with Gasteiger partial charge in [-0.25, -0.2) is 4.98 Å². The van der Waals surface area contributed by atoms with Gasteiger partial charge in [0.2, 0.25) is 0 Å². The van der Waals surface area contributed by atoms with E-state index in [9.17, 15) is 4.79 Å². The first kappa shape index (κ1) is 17.5.